The number of amides is 2. The minimum atomic E-state index is -0.472. The van der Waals surface area contributed by atoms with Crippen molar-refractivity contribution in [3.05, 3.63) is 64.2 Å². The van der Waals surface area contributed by atoms with Crippen molar-refractivity contribution < 1.29 is 28.6 Å². The van der Waals surface area contributed by atoms with E-state index in [0.717, 1.165) is 11.1 Å². The molecular weight excluding hydrogens is 436 g/mol. The third kappa shape index (κ3) is 5.57. The van der Waals surface area contributed by atoms with Gasteiger partial charge < -0.3 is 24.4 Å². The van der Waals surface area contributed by atoms with Crippen molar-refractivity contribution in [2.45, 2.75) is 39.7 Å². The van der Waals surface area contributed by atoms with Gasteiger partial charge >= 0.3 is 18.0 Å². The first kappa shape index (κ1) is 24.8. The number of cyclic esters (lactones) is 1. The highest BCUT2D eigenvalue weighted by Crippen LogP contribution is 2.41. The average molecular weight is 467 g/mol. The topological polar surface area (TPSA) is 94.2 Å². The van der Waals surface area contributed by atoms with Gasteiger partial charge in [0.05, 0.1) is 18.4 Å². The number of allylic oxidation sites excluding steroid dienone is 2. The van der Waals surface area contributed by atoms with E-state index in [9.17, 15) is 14.4 Å². The van der Waals surface area contributed by atoms with Crippen molar-refractivity contribution in [1.82, 2.24) is 4.90 Å². The summed E-state index contributed by atoms with van der Waals surface area (Å²) in [6, 6.07) is 8.58. The van der Waals surface area contributed by atoms with Crippen molar-refractivity contribution >= 4 is 23.7 Å². The van der Waals surface area contributed by atoms with E-state index >= 15 is 0 Å². The van der Waals surface area contributed by atoms with Gasteiger partial charge in [0.25, 0.3) is 0 Å². The first-order valence-electron chi connectivity index (χ1n) is 11.0. The van der Waals surface area contributed by atoms with Crippen molar-refractivity contribution in [3.8, 4) is 11.5 Å². The van der Waals surface area contributed by atoms with Crippen LogP contribution >= 0.6 is 0 Å². The fourth-order valence-electron chi connectivity index (χ4n) is 3.76. The zero-order valence-electron chi connectivity index (χ0n) is 20.2. The summed E-state index contributed by atoms with van der Waals surface area (Å²) in [5.74, 6) is 0.325. The molecule has 34 heavy (non-hydrogen) atoms. The number of esters is 2. The molecule has 1 aliphatic rings. The molecule has 0 bridgehead atoms. The summed E-state index contributed by atoms with van der Waals surface area (Å²) in [6.45, 7) is 3.94. The van der Waals surface area contributed by atoms with Crippen LogP contribution in [-0.2, 0) is 22.6 Å². The SMILES string of the molecule is COc1c(C)c2c(c(NC(=O)N(C)C)c1CC=C(C)CCC(=O)Oc1ccccc1)C(=O)OC2. The Bertz CT molecular complexity index is 1120. The first-order valence-corrected chi connectivity index (χ1v) is 11.0. The summed E-state index contributed by atoms with van der Waals surface area (Å²) < 4.78 is 16.3. The number of fused-ring (bicyclic) bond motifs is 1. The smallest absolute Gasteiger partial charge is 0.341 e. The van der Waals surface area contributed by atoms with Gasteiger partial charge in [0.2, 0.25) is 0 Å². The predicted molar refractivity (Wildman–Crippen MR) is 128 cm³/mol. The second kappa shape index (κ2) is 10.9. The number of methoxy groups -OCH3 is 1. The summed E-state index contributed by atoms with van der Waals surface area (Å²) in [5, 5.41) is 2.85. The number of carbonyl (C=O) groups is 3. The fraction of sp³-hybridized carbons (Fsp3) is 0.346. The Morgan fingerprint density at radius 1 is 1.18 bits per heavy atom. The maximum Gasteiger partial charge on any atom is 0.341 e. The molecule has 0 aromatic heterocycles. The Balaban J connectivity index is 1.83. The summed E-state index contributed by atoms with van der Waals surface area (Å²) in [4.78, 5) is 38.5. The van der Waals surface area contributed by atoms with Crippen molar-refractivity contribution in [2.75, 3.05) is 26.5 Å². The van der Waals surface area contributed by atoms with Crippen LogP contribution in [0.3, 0.4) is 0 Å². The van der Waals surface area contributed by atoms with E-state index in [1.54, 1.807) is 33.3 Å². The lowest BCUT2D eigenvalue weighted by Gasteiger charge is -2.21. The average Bonchev–Trinajstić information content (AvgIpc) is 3.20. The lowest BCUT2D eigenvalue weighted by molar-refractivity contribution is -0.134. The van der Waals surface area contributed by atoms with Crippen LogP contribution < -0.4 is 14.8 Å². The molecule has 0 unspecified atom stereocenters. The van der Waals surface area contributed by atoms with E-state index in [-0.39, 0.29) is 25.0 Å². The highest BCUT2D eigenvalue weighted by molar-refractivity contribution is 6.05. The normalized spacial score (nSPS) is 12.6. The van der Waals surface area contributed by atoms with Gasteiger partial charge in [-0.05, 0) is 44.4 Å². The van der Waals surface area contributed by atoms with Crippen LogP contribution in [-0.4, -0.2) is 44.1 Å². The second-order valence-electron chi connectivity index (χ2n) is 8.31. The zero-order valence-corrected chi connectivity index (χ0v) is 20.2. The molecule has 1 aliphatic heterocycles. The number of carbonyl (C=O) groups excluding carboxylic acids is 3. The number of hydrogen-bond acceptors (Lipinski definition) is 6. The Kier molecular flexibility index (Phi) is 7.94. The van der Waals surface area contributed by atoms with Gasteiger partial charge in [-0.1, -0.05) is 29.8 Å². The Morgan fingerprint density at radius 2 is 1.88 bits per heavy atom. The lowest BCUT2D eigenvalue weighted by atomic mass is 9.93. The minimum absolute atomic E-state index is 0.139. The number of hydrogen-bond donors (Lipinski definition) is 1. The Hall–Kier alpha value is -3.81. The largest absolute Gasteiger partial charge is 0.496 e. The van der Waals surface area contributed by atoms with Crippen LogP contribution in [0.2, 0.25) is 0 Å². The van der Waals surface area contributed by atoms with Crippen molar-refractivity contribution in [1.29, 1.82) is 0 Å². The zero-order chi connectivity index (χ0) is 24.8. The van der Waals surface area contributed by atoms with E-state index in [0.29, 0.717) is 46.7 Å². The van der Waals surface area contributed by atoms with Crippen LogP contribution in [0.5, 0.6) is 11.5 Å². The second-order valence-corrected chi connectivity index (χ2v) is 8.31. The molecule has 0 aliphatic carbocycles. The molecule has 180 valence electrons. The van der Waals surface area contributed by atoms with Crippen LogP contribution in [0.4, 0.5) is 10.5 Å². The lowest BCUT2D eigenvalue weighted by Crippen LogP contribution is -2.29. The predicted octanol–water partition coefficient (Wildman–Crippen LogP) is 4.64. The molecule has 0 spiro atoms. The van der Waals surface area contributed by atoms with Gasteiger partial charge in [0.15, 0.2) is 0 Å². The quantitative estimate of drug-likeness (QED) is 0.346. The number of nitrogens with zero attached hydrogens (tertiary/aromatic N) is 1. The molecule has 2 amide bonds. The van der Waals surface area contributed by atoms with Gasteiger partial charge in [-0.2, -0.15) is 0 Å². The number of rotatable bonds is 8. The van der Waals surface area contributed by atoms with Crippen LogP contribution in [0.15, 0.2) is 42.0 Å². The van der Waals surface area contributed by atoms with E-state index in [2.05, 4.69) is 5.32 Å². The highest BCUT2D eigenvalue weighted by Gasteiger charge is 2.32. The third-order valence-corrected chi connectivity index (χ3v) is 5.67. The maximum absolute atomic E-state index is 12.5. The standard InChI is InChI=1S/C26H30N2O6/c1-16(12-14-21(29)34-18-9-7-6-8-10-18)11-13-19-23(27-26(31)28(3)4)22-20(15-33-25(22)30)17(2)24(19)32-5/h6-11H,12-15H2,1-5H3,(H,27,31). The minimum Gasteiger partial charge on any atom is -0.496 e. The van der Waals surface area contributed by atoms with Gasteiger partial charge in [0, 0.05) is 31.6 Å². The van der Waals surface area contributed by atoms with E-state index < -0.39 is 5.97 Å². The Morgan fingerprint density at radius 3 is 2.53 bits per heavy atom. The van der Waals surface area contributed by atoms with Gasteiger partial charge in [0.1, 0.15) is 18.1 Å². The molecule has 1 N–H and O–H groups in total. The third-order valence-electron chi connectivity index (χ3n) is 5.67. The van der Waals surface area contributed by atoms with Crippen LogP contribution in [0, 0.1) is 6.92 Å². The summed E-state index contributed by atoms with van der Waals surface area (Å²) in [6.07, 6.45) is 3.10. The highest BCUT2D eigenvalue weighted by atomic mass is 16.5. The molecule has 3 rings (SSSR count). The molecule has 2 aromatic carbocycles. The maximum atomic E-state index is 12.5. The molecule has 8 heteroatoms. The number of ether oxygens (including phenoxy) is 3. The monoisotopic (exact) mass is 466 g/mol. The molecule has 0 radical (unpaired) electrons. The molecule has 0 fully saturated rings. The molecule has 0 saturated heterocycles. The first-order chi connectivity index (χ1) is 16.2. The Labute approximate surface area is 199 Å². The molecule has 8 nitrogen and oxygen atoms in total. The fourth-order valence-corrected chi connectivity index (χ4v) is 3.76. The van der Waals surface area contributed by atoms with Gasteiger partial charge in [-0.15, -0.1) is 0 Å². The molecule has 0 saturated carbocycles. The van der Waals surface area contributed by atoms with Crippen LogP contribution in [0.25, 0.3) is 0 Å². The molecule has 0 atom stereocenters. The van der Waals surface area contributed by atoms with Gasteiger partial charge in [-0.3, -0.25) is 4.79 Å². The number of urea groups is 1. The number of nitrogens with one attached hydrogen (secondary N) is 1. The molecule has 2 aromatic rings. The molecular formula is C26H30N2O6. The van der Waals surface area contributed by atoms with E-state index in [1.165, 1.54) is 4.90 Å². The summed E-state index contributed by atoms with van der Waals surface area (Å²) in [7, 11) is 4.80. The van der Waals surface area contributed by atoms with Crippen LogP contribution in [0.1, 0.15) is 46.8 Å². The number of anilines is 1. The summed E-state index contributed by atoms with van der Waals surface area (Å²) >= 11 is 0. The van der Waals surface area contributed by atoms with E-state index in [1.807, 2.05) is 38.1 Å². The van der Waals surface area contributed by atoms with Crippen molar-refractivity contribution in [2.24, 2.45) is 0 Å². The van der Waals surface area contributed by atoms with Crippen molar-refractivity contribution in [3.63, 3.8) is 0 Å². The molecule has 1 heterocycles. The van der Waals surface area contributed by atoms with Gasteiger partial charge in [-0.25, -0.2) is 9.59 Å². The van der Waals surface area contributed by atoms with E-state index in [4.69, 9.17) is 14.2 Å². The summed E-state index contributed by atoms with van der Waals surface area (Å²) in [5.41, 5.74) is 3.92. The number of benzene rings is 2. The number of para-hydroxylation sites is 1.